The lowest BCUT2D eigenvalue weighted by atomic mass is 9.99. The number of nitrogens with zero attached hydrogens (tertiary/aromatic N) is 5. The molecule has 11 rings (SSSR count). The molecule has 5 heteroatoms. The van der Waals surface area contributed by atoms with Gasteiger partial charge < -0.3 is 13.7 Å². The van der Waals surface area contributed by atoms with Crippen LogP contribution in [-0.2, 0) is 0 Å². The molecule has 0 saturated heterocycles. The predicted octanol–water partition coefficient (Wildman–Crippen LogP) is 12.4. The molecule has 8 aromatic carbocycles. The van der Waals surface area contributed by atoms with Gasteiger partial charge in [0, 0.05) is 49.3 Å². The van der Waals surface area contributed by atoms with Gasteiger partial charge in [-0.3, -0.25) is 0 Å². The van der Waals surface area contributed by atoms with Crippen molar-refractivity contribution in [2.24, 2.45) is 0 Å². The first kappa shape index (κ1) is 30.7. The van der Waals surface area contributed by atoms with Crippen molar-refractivity contribution in [2.75, 3.05) is 0 Å². The number of rotatable bonds is 4. The SMILES string of the molecule is N#Cc1ccc2c(c1)c1ccccc1n2-c1ccc2c(c1)c1ccccc1n2-c1c(C#N)cccc1-c1ccc(-n2c3ccccc3c3ccccc32)cc1. The lowest BCUT2D eigenvalue weighted by molar-refractivity contribution is 1.16. The Morgan fingerprint density at radius 2 is 0.818 bits per heavy atom. The molecule has 0 saturated carbocycles. The van der Waals surface area contributed by atoms with E-state index in [2.05, 4.69) is 165 Å². The zero-order chi connectivity index (χ0) is 36.6. The van der Waals surface area contributed by atoms with Gasteiger partial charge in [-0.15, -0.1) is 0 Å². The highest BCUT2D eigenvalue weighted by molar-refractivity contribution is 6.13. The van der Waals surface area contributed by atoms with Crippen LogP contribution >= 0.6 is 0 Å². The van der Waals surface area contributed by atoms with Crippen LogP contribution < -0.4 is 0 Å². The van der Waals surface area contributed by atoms with E-state index in [0.717, 1.165) is 71.8 Å². The van der Waals surface area contributed by atoms with Crippen molar-refractivity contribution in [1.29, 1.82) is 10.5 Å². The molecule has 0 amide bonds. The van der Waals surface area contributed by atoms with E-state index in [-0.39, 0.29) is 0 Å². The van der Waals surface area contributed by atoms with Gasteiger partial charge in [0.2, 0.25) is 0 Å². The average Bonchev–Trinajstić information content (AvgIpc) is 3.88. The van der Waals surface area contributed by atoms with Gasteiger partial charge in [0.05, 0.1) is 56.0 Å². The van der Waals surface area contributed by atoms with Gasteiger partial charge >= 0.3 is 0 Å². The first-order valence-corrected chi connectivity index (χ1v) is 18.3. The molecule has 0 aliphatic carbocycles. The molecule has 254 valence electrons. The minimum atomic E-state index is 0.603. The molecule has 0 spiro atoms. The maximum absolute atomic E-state index is 10.6. The minimum absolute atomic E-state index is 0.603. The molecule has 0 N–H and O–H groups in total. The Kier molecular flexibility index (Phi) is 6.61. The summed E-state index contributed by atoms with van der Waals surface area (Å²) in [4.78, 5) is 0. The van der Waals surface area contributed by atoms with Crippen molar-refractivity contribution in [3.63, 3.8) is 0 Å². The van der Waals surface area contributed by atoms with Crippen LogP contribution in [0.2, 0.25) is 0 Å². The summed E-state index contributed by atoms with van der Waals surface area (Å²) in [6.45, 7) is 0. The summed E-state index contributed by atoms with van der Waals surface area (Å²) in [5.41, 5.74) is 12.7. The fourth-order valence-electron chi connectivity index (χ4n) is 8.76. The topological polar surface area (TPSA) is 62.4 Å². The second-order valence-corrected chi connectivity index (χ2v) is 14.0. The molecule has 0 bridgehead atoms. The Labute approximate surface area is 316 Å². The van der Waals surface area contributed by atoms with Crippen LogP contribution in [0.4, 0.5) is 0 Å². The zero-order valence-electron chi connectivity index (χ0n) is 29.5. The lowest BCUT2D eigenvalue weighted by Gasteiger charge is -2.17. The van der Waals surface area contributed by atoms with Crippen LogP contribution in [0, 0.1) is 22.7 Å². The molecule has 5 nitrogen and oxygen atoms in total. The number of hydrogen-bond donors (Lipinski definition) is 0. The summed E-state index contributed by atoms with van der Waals surface area (Å²) in [7, 11) is 0. The Morgan fingerprint density at radius 3 is 1.42 bits per heavy atom. The minimum Gasteiger partial charge on any atom is -0.309 e. The molecule has 0 aliphatic heterocycles. The normalized spacial score (nSPS) is 11.6. The molecule has 0 radical (unpaired) electrons. The molecule has 0 aliphatic rings. The second kappa shape index (κ2) is 11.8. The molecule has 11 aromatic rings. The largest absolute Gasteiger partial charge is 0.309 e. The second-order valence-electron chi connectivity index (χ2n) is 14.0. The standard InChI is InChI=1S/C50H29N5/c51-30-32-20-26-48-42(28-32)40-13-3-7-18-46(40)54(48)36-25-27-49-43(29-36)41-14-4-8-19-47(41)55(49)50-34(31-52)10-9-15-37(50)33-21-23-35(24-22-33)53-44-16-5-1-11-38(44)39-12-2-6-17-45(39)53/h1-29H. The number of hydrogen-bond acceptors (Lipinski definition) is 2. The number of aromatic nitrogens is 3. The number of nitriles is 2. The predicted molar refractivity (Wildman–Crippen MR) is 224 cm³/mol. The van der Waals surface area contributed by atoms with Crippen LogP contribution in [0.5, 0.6) is 0 Å². The van der Waals surface area contributed by atoms with Crippen LogP contribution in [0.25, 0.3) is 93.6 Å². The van der Waals surface area contributed by atoms with Gasteiger partial charge in [0.25, 0.3) is 0 Å². The van der Waals surface area contributed by atoms with E-state index >= 15 is 0 Å². The molecule has 3 aromatic heterocycles. The van der Waals surface area contributed by atoms with E-state index in [9.17, 15) is 10.5 Å². The van der Waals surface area contributed by atoms with Gasteiger partial charge in [-0.05, 0) is 84.4 Å². The van der Waals surface area contributed by atoms with Gasteiger partial charge in [-0.2, -0.15) is 10.5 Å². The van der Waals surface area contributed by atoms with Gasteiger partial charge in [0.1, 0.15) is 6.07 Å². The van der Waals surface area contributed by atoms with Crippen LogP contribution in [0.3, 0.4) is 0 Å². The summed E-state index contributed by atoms with van der Waals surface area (Å²) in [6, 6.07) is 66.0. The number of benzene rings is 8. The third kappa shape index (κ3) is 4.45. The first-order valence-electron chi connectivity index (χ1n) is 18.3. The fraction of sp³-hybridized carbons (Fsp3) is 0. The third-order valence-corrected chi connectivity index (χ3v) is 11.1. The lowest BCUT2D eigenvalue weighted by Crippen LogP contribution is -2.01. The van der Waals surface area contributed by atoms with E-state index in [0.29, 0.717) is 11.1 Å². The monoisotopic (exact) mass is 699 g/mol. The van der Waals surface area contributed by atoms with Crippen molar-refractivity contribution < 1.29 is 0 Å². The smallest absolute Gasteiger partial charge is 0.101 e. The van der Waals surface area contributed by atoms with Crippen molar-refractivity contribution in [2.45, 2.75) is 0 Å². The Bertz CT molecular complexity index is 3400. The summed E-state index contributed by atoms with van der Waals surface area (Å²) in [6.07, 6.45) is 0. The summed E-state index contributed by atoms with van der Waals surface area (Å²) in [5.74, 6) is 0. The van der Waals surface area contributed by atoms with E-state index in [1.807, 2.05) is 36.4 Å². The summed E-state index contributed by atoms with van der Waals surface area (Å²) < 4.78 is 6.87. The van der Waals surface area contributed by atoms with Crippen LogP contribution in [0.1, 0.15) is 11.1 Å². The highest BCUT2D eigenvalue weighted by Gasteiger charge is 2.21. The van der Waals surface area contributed by atoms with E-state index in [1.54, 1.807) is 0 Å². The maximum atomic E-state index is 10.6. The maximum Gasteiger partial charge on any atom is 0.101 e. The molecule has 0 fully saturated rings. The fourth-order valence-corrected chi connectivity index (χ4v) is 8.76. The quantitative estimate of drug-likeness (QED) is 0.184. The van der Waals surface area contributed by atoms with Crippen LogP contribution in [0.15, 0.2) is 176 Å². The summed E-state index contributed by atoms with van der Waals surface area (Å²) >= 11 is 0. The highest BCUT2D eigenvalue weighted by atomic mass is 15.0. The van der Waals surface area contributed by atoms with Gasteiger partial charge in [0.15, 0.2) is 0 Å². The van der Waals surface area contributed by atoms with Crippen molar-refractivity contribution in [1.82, 2.24) is 13.7 Å². The van der Waals surface area contributed by atoms with Crippen molar-refractivity contribution in [3.8, 4) is 40.3 Å². The average molecular weight is 700 g/mol. The van der Waals surface area contributed by atoms with E-state index in [4.69, 9.17) is 0 Å². The number of para-hydroxylation sites is 5. The van der Waals surface area contributed by atoms with Crippen molar-refractivity contribution in [3.05, 3.63) is 187 Å². The molecule has 3 heterocycles. The zero-order valence-corrected chi connectivity index (χ0v) is 29.5. The van der Waals surface area contributed by atoms with E-state index in [1.165, 1.54) is 21.8 Å². The van der Waals surface area contributed by atoms with Crippen LogP contribution in [-0.4, -0.2) is 13.7 Å². The molecule has 55 heavy (non-hydrogen) atoms. The third-order valence-electron chi connectivity index (χ3n) is 11.1. The number of fused-ring (bicyclic) bond motifs is 9. The first-order chi connectivity index (χ1) is 27.2. The molecule has 0 atom stereocenters. The van der Waals surface area contributed by atoms with Crippen molar-refractivity contribution >= 4 is 65.4 Å². The molecular formula is C50H29N5. The summed E-state index contributed by atoms with van der Waals surface area (Å²) in [5, 5.41) is 27.1. The highest BCUT2D eigenvalue weighted by Crippen LogP contribution is 2.41. The van der Waals surface area contributed by atoms with E-state index < -0.39 is 0 Å². The molecule has 0 unspecified atom stereocenters. The Morgan fingerprint density at radius 1 is 0.345 bits per heavy atom. The van der Waals surface area contributed by atoms with Gasteiger partial charge in [-0.1, -0.05) is 97.1 Å². The van der Waals surface area contributed by atoms with Gasteiger partial charge in [-0.25, -0.2) is 0 Å². The molecular weight excluding hydrogens is 671 g/mol. The Balaban J connectivity index is 1.11. The Hall–Kier alpha value is -7.86.